The number of unbranched alkanes of at least 4 members (excludes halogenated alkanes) is 6. The predicted octanol–water partition coefficient (Wildman–Crippen LogP) is 2.61. The topological polar surface area (TPSA) is 134 Å². The molecule has 0 saturated carbocycles. The van der Waals surface area contributed by atoms with E-state index in [-0.39, 0.29) is 37.6 Å². The van der Waals surface area contributed by atoms with E-state index >= 15 is 0 Å². The van der Waals surface area contributed by atoms with E-state index in [0.29, 0.717) is 12.8 Å². The Balaban J connectivity index is 2.48. The minimum Gasteiger partial charge on any atom is -0.456 e. The van der Waals surface area contributed by atoms with Crippen molar-refractivity contribution in [3.05, 3.63) is 35.4 Å². The summed E-state index contributed by atoms with van der Waals surface area (Å²) in [6, 6.07) is 5.88. The molecule has 0 saturated heterocycles. The molecule has 1 aromatic carbocycles. The van der Waals surface area contributed by atoms with Gasteiger partial charge in [0.2, 0.25) is 0 Å². The number of ether oxygens (including phenoxy) is 2. The highest BCUT2D eigenvalue weighted by molar-refractivity contribution is 5.93. The van der Waals surface area contributed by atoms with E-state index in [2.05, 4.69) is 0 Å². The van der Waals surface area contributed by atoms with Crippen LogP contribution in [0.2, 0.25) is 0 Å². The minimum atomic E-state index is -0.594. The number of aliphatic hydroxyl groups is 4. The van der Waals surface area contributed by atoms with E-state index < -0.39 is 24.1 Å². The first-order chi connectivity index (χ1) is 15.5. The lowest BCUT2D eigenvalue weighted by Crippen LogP contribution is -2.23. The fourth-order valence-electron chi connectivity index (χ4n) is 3.23. The average Bonchev–Trinajstić information content (AvgIpc) is 2.82. The van der Waals surface area contributed by atoms with Gasteiger partial charge in [-0.2, -0.15) is 0 Å². The number of hydrogen-bond acceptors (Lipinski definition) is 8. The van der Waals surface area contributed by atoms with E-state index in [9.17, 15) is 19.8 Å². The Hall–Kier alpha value is -2.00. The second-order valence-corrected chi connectivity index (χ2v) is 7.85. The molecule has 8 nitrogen and oxygen atoms in total. The van der Waals surface area contributed by atoms with Crippen LogP contribution in [0.3, 0.4) is 0 Å². The molecule has 182 valence electrons. The number of esters is 2. The van der Waals surface area contributed by atoms with Crippen LogP contribution in [0.1, 0.15) is 84.9 Å². The number of benzene rings is 1. The van der Waals surface area contributed by atoms with Crippen LogP contribution < -0.4 is 0 Å². The van der Waals surface area contributed by atoms with Gasteiger partial charge in [0.15, 0.2) is 0 Å². The molecule has 0 aliphatic carbocycles. The maximum atomic E-state index is 12.3. The third-order valence-electron chi connectivity index (χ3n) is 5.18. The van der Waals surface area contributed by atoms with Gasteiger partial charge in [0.1, 0.15) is 12.2 Å². The highest BCUT2D eigenvalue weighted by Gasteiger charge is 2.18. The van der Waals surface area contributed by atoms with Gasteiger partial charge in [-0.25, -0.2) is 9.59 Å². The second-order valence-electron chi connectivity index (χ2n) is 7.85. The fraction of sp³-hybridized carbons (Fsp3) is 0.667. The standard InChI is InChI=1S/C24H38O8/c25-15-7-3-1-5-9-21(17-27)31-23(29)19-11-13-20(14-12-19)24(30)32-22(18-28)10-6-2-4-8-16-26/h11-14,21-22,25-28H,1-10,15-18H2. The highest BCUT2D eigenvalue weighted by atomic mass is 16.6. The Morgan fingerprint density at radius 2 is 0.938 bits per heavy atom. The molecule has 0 spiro atoms. The molecular formula is C24H38O8. The first-order valence-electron chi connectivity index (χ1n) is 11.5. The number of hydrogen-bond donors (Lipinski definition) is 4. The summed E-state index contributed by atoms with van der Waals surface area (Å²) in [5.74, 6) is -1.15. The zero-order valence-corrected chi connectivity index (χ0v) is 18.8. The Morgan fingerprint density at radius 1 is 0.594 bits per heavy atom. The third kappa shape index (κ3) is 11.6. The number of aliphatic hydroxyl groups excluding tert-OH is 4. The molecule has 32 heavy (non-hydrogen) atoms. The van der Waals surface area contributed by atoms with Gasteiger partial charge in [-0.05, 0) is 62.8 Å². The largest absolute Gasteiger partial charge is 0.456 e. The van der Waals surface area contributed by atoms with E-state index in [0.717, 1.165) is 51.4 Å². The van der Waals surface area contributed by atoms with Crippen molar-refractivity contribution in [2.45, 2.75) is 76.4 Å². The average molecular weight is 455 g/mol. The first kappa shape index (κ1) is 28.0. The lowest BCUT2D eigenvalue weighted by molar-refractivity contribution is 0.00965. The van der Waals surface area contributed by atoms with Gasteiger partial charge < -0.3 is 29.9 Å². The molecule has 0 bridgehead atoms. The zero-order valence-electron chi connectivity index (χ0n) is 18.8. The van der Waals surface area contributed by atoms with Crippen molar-refractivity contribution in [2.75, 3.05) is 26.4 Å². The summed E-state index contributed by atoms with van der Waals surface area (Å²) in [4.78, 5) is 24.6. The Morgan fingerprint density at radius 3 is 1.25 bits per heavy atom. The van der Waals surface area contributed by atoms with E-state index in [4.69, 9.17) is 19.7 Å². The summed E-state index contributed by atoms with van der Waals surface area (Å²) in [6.45, 7) is -0.209. The summed E-state index contributed by atoms with van der Waals surface area (Å²) in [5.41, 5.74) is 0.533. The van der Waals surface area contributed by atoms with Crippen molar-refractivity contribution < 1.29 is 39.5 Å². The molecule has 2 unspecified atom stereocenters. The van der Waals surface area contributed by atoms with Gasteiger partial charge in [-0.3, -0.25) is 0 Å². The van der Waals surface area contributed by atoms with Gasteiger partial charge in [0.05, 0.1) is 24.3 Å². The summed E-state index contributed by atoms with van der Waals surface area (Å²) in [6.07, 6.45) is 6.51. The lowest BCUT2D eigenvalue weighted by atomic mass is 10.1. The maximum Gasteiger partial charge on any atom is 0.338 e. The molecule has 0 radical (unpaired) electrons. The molecule has 1 rings (SSSR count). The van der Waals surface area contributed by atoms with Gasteiger partial charge in [-0.15, -0.1) is 0 Å². The first-order valence-corrected chi connectivity index (χ1v) is 11.5. The molecule has 2 atom stereocenters. The fourth-order valence-corrected chi connectivity index (χ4v) is 3.23. The van der Waals surface area contributed by atoms with E-state index in [1.807, 2.05) is 0 Å². The highest BCUT2D eigenvalue weighted by Crippen LogP contribution is 2.14. The Bertz CT molecular complexity index is 576. The van der Waals surface area contributed by atoms with Crippen molar-refractivity contribution in [3.8, 4) is 0 Å². The number of carbonyl (C=O) groups is 2. The number of rotatable bonds is 18. The molecule has 0 aliphatic heterocycles. The van der Waals surface area contributed by atoms with Crippen LogP contribution in [0.5, 0.6) is 0 Å². The van der Waals surface area contributed by atoms with Crippen LogP contribution in [0.25, 0.3) is 0 Å². The van der Waals surface area contributed by atoms with Crippen molar-refractivity contribution in [1.29, 1.82) is 0 Å². The normalized spacial score (nSPS) is 12.9. The van der Waals surface area contributed by atoms with Gasteiger partial charge >= 0.3 is 11.9 Å². The molecule has 0 heterocycles. The molecule has 0 fully saturated rings. The molecule has 4 N–H and O–H groups in total. The molecule has 0 aliphatic rings. The van der Waals surface area contributed by atoms with E-state index in [1.54, 1.807) is 0 Å². The van der Waals surface area contributed by atoms with E-state index in [1.165, 1.54) is 24.3 Å². The molecule has 0 amide bonds. The minimum absolute atomic E-state index is 0.161. The number of carbonyl (C=O) groups excluding carboxylic acids is 2. The van der Waals surface area contributed by atoms with Gasteiger partial charge in [0, 0.05) is 13.2 Å². The van der Waals surface area contributed by atoms with Crippen LogP contribution in [0.4, 0.5) is 0 Å². The molecule has 8 heteroatoms. The monoisotopic (exact) mass is 454 g/mol. The summed E-state index contributed by atoms with van der Waals surface area (Å²) in [7, 11) is 0. The van der Waals surface area contributed by atoms with Gasteiger partial charge in [0.25, 0.3) is 0 Å². The zero-order chi connectivity index (χ0) is 23.6. The van der Waals surface area contributed by atoms with Crippen molar-refractivity contribution in [1.82, 2.24) is 0 Å². The van der Waals surface area contributed by atoms with Crippen LogP contribution in [0, 0.1) is 0 Å². The molecule has 0 aromatic heterocycles. The smallest absolute Gasteiger partial charge is 0.338 e. The van der Waals surface area contributed by atoms with Crippen LogP contribution in [-0.4, -0.2) is 71.0 Å². The quantitative estimate of drug-likeness (QED) is 0.196. The molecule has 1 aromatic rings. The van der Waals surface area contributed by atoms with Crippen molar-refractivity contribution in [2.24, 2.45) is 0 Å². The van der Waals surface area contributed by atoms with Crippen molar-refractivity contribution >= 4 is 11.9 Å². The summed E-state index contributed by atoms with van der Waals surface area (Å²) < 4.78 is 10.7. The summed E-state index contributed by atoms with van der Waals surface area (Å²) >= 11 is 0. The van der Waals surface area contributed by atoms with Gasteiger partial charge in [-0.1, -0.05) is 25.7 Å². The van der Waals surface area contributed by atoms with Crippen LogP contribution >= 0.6 is 0 Å². The van der Waals surface area contributed by atoms with Crippen molar-refractivity contribution in [3.63, 3.8) is 0 Å². The Labute approximate surface area is 190 Å². The second kappa shape index (κ2) is 17.5. The lowest BCUT2D eigenvalue weighted by Gasteiger charge is -2.16. The third-order valence-corrected chi connectivity index (χ3v) is 5.18. The van der Waals surface area contributed by atoms with Crippen LogP contribution in [0.15, 0.2) is 24.3 Å². The maximum absolute atomic E-state index is 12.3. The van der Waals surface area contributed by atoms with Crippen LogP contribution in [-0.2, 0) is 9.47 Å². The predicted molar refractivity (Wildman–Crippen MR) is 119 cm³/mol. The Kier molecular flexibility index (Phi) is 15.4. The SMILES string of the molecule is O=C(OC(CO)CCCCCCO)c1ccc(C(=O)OC(CO)CCCCCCO)cc1. The summed E-state index contributed by atoms with van der Waals surface area (Å²) in [5, 5.41) is 36.4. The molecular weight excluding hydrogens is 416 g/mol.